The third-order valence-corrected chi connectivity index (χ3v) is 5.48. The molecule has 134 valence electrons. The van der Waals surface area contributed by atoms with Crippen LogP contribution in [0, 0.1) is 0 Å². The highest BCUT2D eigenvalue weighted by Gasteiger charge is 2.23. The molecule has 0 amide bonds. The molecule has 0 bridgehead atoms. The second kappa shape index (κ2) is 7.31. The minimum atomic E-state index is -3.31. The van der Waals surface area contributed by atoms with Gasteiger partial charge in [-0.3, -0.25) is 0 Å². The first-order chi connectivity index (χ1) is 12.0. The predicted octanol–water partition coefficient (Wildman–Crippen LogP) is 2.57. The average molecular weight is 361 g/mol. The molecule has 1 atom stereocenters. The third-order valence-electron chi connectivity index (χ3n) is 4.35. The molecule has 0 saturated carbocycles. The van der Waals surface area contributed by atoms with Crippen LogP contribution in [0.2, 0.25) is 0 Å². The monoisotopic (exact) mass is 361 g/mol. The van der Waals surface area contributed by atoms with Crippen LogP contribution in [0.15, 0.2) is 47.5 Å². The van der Waals surface area contributed by atoms with Crippen LogP contribution in [0.25, 0.3) is 0 Å². The Kier molecular flexibility index (Phi) is 5.13. The maximum Gasteiger partial charge on any atom is 0.179 e. The average Bonchev–Trinajstić information content (AvgIpc) is 2.61. The van der Waals surface area contributed by atoms with Gasteiger partial charge in [0, 0.05) is 43.3 Å². The molecule has 1 saturated heterocycles. The van der Waals surface area contributed by atoms with E-state index in [-0.39, 0.29) is 10.9 Å². The first kappa shape index (κ1) is 17.5. The Morgan fingerprint density at radius 3 is 2.88 bits per heavy atom. The van der Waals surface area contributed by atoms with E-state index in [1.807, 2.05) is 18.2 Å². The van der Waals surface area contributed by atoms with Gasteiger partial charge in [-0.05, 0) is 37.1 Å². The lowest BCUT2D eigenvalue weighted by Crippen LogP contribution is -2.42. The van der Waals surface area contributed by atoms with Gasteiger partial charge in [0.05, 0.1) is 7.11 Å². The molecule has 1 N–H and O–H groups in total. The number of hydrogen-bond acceptors (Lipinski definition) is 6. The van der Waals surface area contributed by atoms with Crippen molar-refractivity contribution >= 4 is 21.3 Å². The molecule has 3 rings (SSSR count). The third kappa shape index (κ3) is 4.22. The number of rotatable bonds is 5. The molecule has 25 heavy (non-hydrogen) atoms. The fourth-order valence-electron chi connectivity index (χ4n) is 3.13. The summed E-state index contributed by atoms with van der Waals surface area (Å²) in [6.07, 6.45) is 4.81. The molecule has 6 nitrogen and oxygen atoms in total. The molecule has 1 aromatic carbocycles. The number of hydrogen-bond donors (Lipinski definition) is 1. The Balaban J connectivity index is 1.77. The predicted molar refractivity (Wildman–Crippen MR) is 99.2 cm³/mol. The Bertz CT molecular complexity index is 839. The number of pyridine rings is 1. The van der Waals surface area contributed by atoms with E-state index in [0.29, 0.717) is 5.82 Å². The van der Waals surface area contributed by atoms with E-state index < -0.39 is 9.84 Å². The zero-order chi connectivity index (χ0) is 17.9. The second-order valence-electron chi connectivity index (χ2n) is 6.25. The Hall–Kier alpha value is -2.28. The highest BCUT2D eigenvalue weighted by molar-refractivity contribution is 7.90. The summed E-state index contributed by atoms with van der Waals surface area (Å²) >= 11 is 0. The molecular weight excluding hydrogens is 338 g/mol. The van der Waals surface area contributed by atoms with Crippen LogP contribution in [0.1, 0.15) is 12.8 Å². The van der Waals surface area contributed by atoms with Crippen molar-refractivity contribution < 1.29 is 13.2 Å². The van der Waals surface area contributed by atoms with Crippen LogP contribution in [-0.4, -0.2) is 45.9 Å². The molecule has 0 aliphatic carbocycles. The number of nitrogens with one attached hydrogen (secondary N) is 1. The van der Waals surface area contributed by atoms with Gasteiger partial charge in [-0.25, -0.2) is 13.4 Å². The quantitative estimate of drug-likeness (QED) is 0.883. The first-order valence-electron chi connectivity index (χ1n) is 8.28. The van der Waals surface area contributed by atoms with Crippen LogP contribution in [0.4, 0.5) is 11.5 Å². The van der Waals surface area contributed by atoms with Gasteiger partial charge in [0.25, 0.3) is 0 Å². The Labute approximate surface area is 148 Å². The summed E-state index contributed by atoms with van der Waals surface area (Å²) in [7, 11) is -1.65. The van der Waals surface area contributed by atoms with Crippen LogP contribution in [0.5, 0.6) is 5.75 Å². The van der Waals surface area contributed by atoms with Gasteiger partial charge in [-0.15, -0.1) is 0 Å². The maximum absolute atomic E-state index is 11.9. The van der Waals surface area contributed by atoms with Gasteiger partial charge >= 0.3 is 0 Å². The number of aromatic nitrogens is 1. The molecule has 2 aromatic rings. The zero-order valence-corrected chi connectivity index (χ0v) is 15.3. The van der Waals surface area contributed by atoms with E-state index in [1.165, 1.54) is 6.26 Å². The number of nitrogens with zero attached hydrogens (tertiary/aromatic N) is 2. The molecule has 7 heteroatoms. The van der Waals surface area contributed by atoms with Crippen LogP contribution in [0.3, 0.4) is 0 Å². The normalized spacial score (nSPS) is 18.0. The number of ether oxygens (including phenoxy) is 1. The van der Waals surface area contributed by atoms with Crippen molar-refractivity contribution in [2.45, 2.75) is 23.8 Å². The zero-order valence-electron chi connectivity index (χ0n) is 14.5. The lowest BCUT2D eigenvalue weighted by atomic mass is 10.0. The smallest absolute Gasteiger partial charge is 0.179 e. The van der Waals surface area contributed by atoms with Crippen LogP contribution in [-0.2, 0) is 9.84 Å². The lowest BCUT2D eigenvalue weighted by Gasteiger charge is -2.35. The van der Waals surface area contributed by atoms with Crippen molar-refractivity contribution in [3.63, 3.8) is 0 Å². The maximum atomic E-state index is 11.9. The number of piperidine rings is 1. The molecular formula is C18H23N3O3S. The summed E-state index contributed by atoms with van der Waals surface area (Å²) < 4.78 is 29.2. The molecule has 0 radical (unpaired) electrons. The van der Waals surface area contributed by atoms with Crippen LogP contribution >= 0.6 is 0 Å². The summed E-state index contributed by atoms with van der Waals surface area (Å²) in [6, 6.07) is 11.4. The van der Waals surface area contributed by atoms with E-state index >= 15 is 0 Å². The molecule has 1 fully saturated rings. The molecule has 1 aromatic heterocycles. The molecule has 2 heterocycles. The summed E-state index contributed by atoms with van der Waals surface area (Å²) in [6.45, 7) is 1.75. The van der Waals surface area contributed by atoms with Gasteiger partial charge < -0.3 is 15.0 Å². The number of anilines is 2. The van der Waals surface area contributed by atoms with Gasteiger partial charge in [0.2, 0.25) is 0 Å². The molecule has 0 spiro atoms. The highest BCUT2D eigenvalue weighted by atomic mass is 32.2. The molecule has 1 aliphatic rings. The minimum absolute atomic E-state index is 0.135. The van der Waals surface area contributed by atoms with Gasteiger partial charge in [0.15, 0.2) is 9.84 Å². The standard InChI is InChI=1S/C18H23N3O3S/c1-24-16-8-3-7-15(12-16)21-11-5-6-14(13-21)20-18-17(25(2,22)23)9-4-10-19-18/h3-4,7-10,12,14H,5-6,11,13H2,1-2H3,(H,19,20). The Morgan fingerprint density at radius 2 is 2.12 bits per heavy atom. The van der Waals surface area contributed by atoms with Crippen molar-refractivity contribution in [2.75, 3.05) is 36.7 Å². The van der Waals surface area contributed by atoms with Crippen molar-refractivity contribution in [1.82, 2.24) is 4.98 Å². The number of methoxy groups -OCH3 is 1. The van der Waals surface area contributed by atoms with Gasteiger partial charge in [-0.2, -0.15) is 0 Å². The van der Waals surface area contributed by atoms with Crippen molar-refractivity contribution in [3.8, 4) is 5.75 Å². The number of benzene rings is 1. The van der Waals surface area contributed by atoms with Gasteiger partial charge in [-0.1, -0.05) is 6.07 Å². The fourth-order valence-corrected chi connectivity index (χ4v) is 3.92. The highest BCUT2D eigenvalue weighted by Crippen LogP contribution is 2.26. The SMILES string of the molecule is COc1cccc(N2CCCC(Nc3ncccc3S(C)(=O)=O)C2)c1. The van der Waals surface area contributed by atoms with Crippen LogP contribution < -0.4 is 15.0 Å². The summed E-state index contributed by atoms with van der Waals surface area (Å²) in [5.74, 6) is 1.26. The van der Waals surface area contributed by atoms with E-state index in [9.17, 15) is 8.42 Å². The van der Waals surface area contributed by atoms with Gasteiger partial charge in [0.1, 0.15) is 16.5 Å². The van der Waals surface area contributed by atoms with E-state index in [4.69, 9.17) is 4.74 Å². The summed E-state index contributed by atoms with van der Waals surface area (Å²) in [5.41, 5.74) is 1.11. The largest absolute Gasteiger partial charge is 0.497 e. The van der Waals surface area contributed by atoms with Crippen molar-refractivity contribution in [3.05, 3.63) is 42.6 Å². The van der Waals surface area contributed by atoms with E-state index in [2.05, 4.69) is 21.3 Å². The minimum Gasteiger partial charge on any atom is -0.497 e. The summed E-state index contributed by atoms with van der Waals surface area (Å²) in [5, 5.41) is 3.32. The lowest BCUT2D eigenvalue weighted by molar-refractivity contribution is 0.414. The van der Waals surface area contributed by atoms with E-state index in [1.54, 1.807) is 25.4 Å². The first-order valence-corrected chi connectivity index (χ1v) is 10.2. The van der Waals surface area contributed by atoms with Crippen molar-refractivity contribution in [2.24, 2.45) is 0 Å². The Morgan fingerprint density at radius 1 is 1.28 bits per heavy atom. The van der Waals surface area contributed by atoms with Crippen molar-refractivity contribution in [1.29, 1.82) is 0 Å². The number of sulfone groups is 1. The fraction of sp³-hybridized carbons (Fsp3) is 0.389. The topological polar surface area (TPSA) is 71.5 Å². The molecule has 1 unspecified atom stereocenters. The molecule has 1 aliphatic heterocycles. The second-order valence-corrected chi connectivity index (χ2v) is 8.24. The summed E-state index contributed by atoms with van der Waals surface area (Å²) in [4.78, 5) is 6.76. The van der Waals surface area contributed by atoms with E-state index in [0.717, 1.165) is 37.4 Å².